The van der Waals surface area contributed by atoms with Gasteiger partial charge in [-0.3, -0.25) is 9.69 Å². The first-order valence-corrected chi connectivity index (χ1v) is 4.77. The van der Waals surface area contributed by atoms with Gasteiger partial charge in [0.25, 0.3) is 0 Å². The maximum absolute atomic E-state index is 10.5. The minimum absolute atomic E-state index is 0.111. The van der Waals surface area contributed by atoms with Gasteiger partial charge in [-0.2, -0.15) is 0 Å². The van der Waals surface area contributed by atoms with E-state index in [0.717, 1.165) is 13.0 Å². The summed E-state index contributed by atoms with van der Waals surface area (Å²) in [6.45, 7) is 1.57. The van der Waals surface area contributed by atoms with Gasteiger partial charge in [0.15, 0.2) is 0 Å². The number of hydrogen-bond donors (Lipinski definition) is 2. The van der Waals surface area contributed by atoms with E-state index in [1.165, 1.54) is 6.42 Å². The molecule has 13 heavy (non-hydrogen) atoms. The molecule has 4 heteroatoms. The summed E-state index contributed by atoms with van der Waals surface area (Å²) in [5.41, 5.74) is -0.961. The van der Waals surface area contributed by atoms with Crippen molar-refractivity contribution in [2.45, 2.75) is 37.3 Å². The number of hydrogen-bond acceptors (Lipinski definition) is 3. The molecule has 2 aliphatic rings. The van der Waals surface area contributed by atoms with Gasteiger partial charge >= 0.3 is 5.97 Å². The molecule has 2 rings (SSSR count). The SMILES string of the molecule is O=C(O)CC1(O)CC2CCCN2C1. The van der Waals surface area contributed by atoms with Crippen molar-refractivity contribution >= 4 is 5.97 Å². The zero-order valence-corrected chi connectivity index (χ0v) is 7.57. The number of carboxylic acid groups (broad SMARTS) is 1. The van der Waals surface area contributed by atoms with Gasteiger partial charge in [-0.05, 0) is 25.8 Å². The van der Waals surface area contributed by atoms with E-state index in [1.54, 1.807) is 0 Å². The average Bonchev–Trinajstić information content (AvgIpc) is 2.41. The summed E-state index contributed by atoms with van der Waals surface area (Å²) in [6.07, 6.45) is 2.83. The van der Waals surface area contributed by atoms with E-state index in [4.69, 9.17) is 5.11 Å². The Morgan fingerprint density at radius 3 is 3.00 bits per heavy atom. The summed E-state index contributed by atoms with van der Waals surface area (Å²) in [7, 11) is 0. The molecule has 2 unspecified atom stereocenters. The fourth-order valence-electron chi connectivity index (χ4n) is 2.63. The Labute approximate surface area is 77.2 Å². The van der Waals surface area contributed by atoms with E-state index < -0.39 is 11.6 Å². The van der Waals surface area contributed by atoms with Crippen LogP contribution < -0.4 is 0 Å². The van der Waals surface area contributed by atoms with Crippen molar-refractivity contribution in [1.82, 2.24) is 4.90 Å². The lowest BCUT2D eigenvalue weighted by molar-refractivity contribution is -0.142. The quantitative estimate of drug-likeness (QED) is 0.638. The summed E-state index contributed by atoms with van der Waals surface area (Å²) in [5, 5.41) is 18.6. The van der Waals surface area contributed by atoms with Gasteiger partial charge < -0.3 is 10.2 Å². The van der Waals surface area contributed by atoms with Gasteiger partial charge in [0.2, 0.25) is 0 Å². The van der Waals surface area contributed by atoms with Gasteiger partial charge in [0.05, 0.1) is 12.0 Å². The Hall–Kier alpha value is -0.610. The Bertz CT molecular complexity index is 217. The van der Waals surface area contributed by atoms with Crippen LogP contribution in [0.3, 0.4) is 0 Å². The highest BCUT2D eigenvalue weighted by Crippen LogP contribution is 2.35. The van der Waals surface area contributed by atoms with Gasteiger partial charge in [-0.25, -0.2) is 0 Å². The maximum atomic E-state index is 10.5. The number of nitrogens with zero attached hydrogens (tertiary/aromatic N) is 1. The smallest absolute Gasteiger partial charge is 0.306 e. The molecule has 2 saturated heterocycles. The highest BCUT2D eigenvalue weighted by Gasteiger charge is 2.45. The number of fused-ring (bicyclic) bond motifs is 1. The summed E-state index contributed by atoms with van der Waals surface area (Å²) in [4.78, 5) is 12.7. The van der Waals surface area contributed by atoms with Crippen LogP contribution in [0.1, 0.15) is 25.7 Å². The molecule has 0 aliphatic carbocycles. The third-order valence-electron chi connectivity index (χ3n) is 3.09. The molecule has 0 aromatic carbocycles. The first-order chi connectivity index (χ1) is 6.09. The largest absolute Gasteiger partial charge is 0.481 e. The summed E-state index contributed by atoms with van der Waals surface area (Å²) in [5.74, 6) is -0.899. The Morgan fingerprint density at radius 1 is 1.62 bits per heavy atom. The van der Waals surface area contributed by atoms with Crippen molar-refractivity contribution in [3.05, 3.63) is 0 Å². The fraction of sp³-hybridized carbons (Fsp3) is 0.889. The molecule has 2 fully saturated rings. The number of carbonyl (C=O) groups is 1. The molecule has 0 bridgehead atoms. The molecule has 4 nitrogen and oxygen atoms in total. The Morgan fingerprint density at radius 2 is 2.38 bits per heavy atom. The van der Waals surface area contributed by atoms with Crippen molar-refractivity contribution in [3.8, 4) is 0 Å². The van der Waals surface area contributed by atoms with E-state index in [9.17, 15) is 9.90 Å². The van der Waals surface area contributed by atoms with Crippen LogP contribution in [0.25, 0.3) is 0 Å². The number of aliphatic hydroxyl groups is 1. The molecule has 0 aromatic heterocycles. The number of rotatable bonds is 2. The number of carboxylic acids is 1. The van der Waals surface area contributed by atoms with E-state index >= 15 is 0 Å². The van der Waals surface area contributed by atoms with Gasteiger partial charge in [0.1, 0.15) is 0 Å². The van der Waals surface area contributed by atoms with E-state index in [0.29, 0.717) is 19.0 Å². The molecular formula is C9H15NO3. The second-order valence-electron chi connectivity index (χ2n) is 4.27. The minimum atomic E-state index is -0.961. The Kier molecular flexibility index (Phi) is 2.04. The van der Waals surface area contributed by atoms with Crippen LogP contribution >= 0.6 is 0 Å². The normalized spacial score (nSPS) is 39.3. The van der Waals surface area contributed by atoms with Crippen LogP contribution in [0.5, 0.6) is 0 Å². The van der Waals surface area contributed by atoms with Crippen molar-refractivity contribution in [3.63, 3.8) is 0 Å². The monoisotopic (exact) mass is 185 g/mol. The van der Waals surface area contributed by atoms with E-state index in [1.807, 2.05) is 0 Å². The lowest BCUT2D eigenvalue weighted by atomic mass is 9.95. The van der Waals surface area contributed by atoms with Gasteiger partial charge in [0, 0.05) is 12.6 Å². The second kappa shape index (κ2) is 2.96. The van der Waals surface area contributed by atoms with Crippen LogP contribution in [0.4, 0.5) is 0 Å². The summed E-state index contributed by atoms with van der Waals surface area (Å²) < 4.78 is 0. The molecule has 0 amide bonds. The average molecular weight is 185 g/mol. The fourth-order valence-corrected chi connectivity index (χ4v) is 2.63. The predicted molar refractivity (Wildman–Crippen MR) is 46.4 cm³/mol. The van der Waals surface area contributed by atoms with Crippen molar-refractivity contribution in [1.29, 1.82) is 0 Å². The molecule has 0 aromatic rings. The van der Waals surface area contributed by atoms with Gasteiger partial charge in [-0.15, -0.1) is 0 Å². The molecule has 0 saturated carbocycles. The highest BCUT2D eigenvalue weighted by atomic mass is 16.4. The maximum Gasteiger partial charge on any atom is 0.306 e. The molecule has 74 valence electrons. The van der Waals surface area contributed by atoms with E-state index in [2.05, 4.69) is 4.90 Å². The first kappa shape index (κ1) is 8.97. The highest BCUT2D eigenvalue weighted by molar-refractivity contribution is 5.68. The zero-order valence-electron chi connectivity index (χ0n) is 7.57. The molecular weight excluding hydrogens is 170 g/mol. The van der Waals surface area contributed by atoms with Crippen molar-refractivity contribution in [2.24, 2.45) is 0 Å². The second-order valence-corrected chi connectivity index (χ2v) is 4.27. The predicted octanol–water partition coefficient (Wildman–Crippen LogP) is 0.0603. The van der Waals surface area contributed by atoms with Crippen LogP contribution in [-0.2, 0) is 4.79 Å². The van der Waals surface area contributed by atoms with Crippen molar-refractivity contribution in [2.75, 3.05) is 13.1 Å². The summed E-state index contributed by atoms with van der Waals surface area (Å²) >= 11 is 0. The topological polar surface area (TPSA) is 60.8 Å². The van der Waals surface area contributed by atoms with Gasteiger partial charge in [-0.1, -0.05) is 0 Å². The van der Waals surface area contributed by atoms with Crippen LogP contribution in [0, 0.1) is 0 Å². The Balaban J connectivity index is 2.00. The van der Waals surface area contributed by atoms with Crippen molar-refractivity contribution < 1.29 is 15.0 Å². The molecule has 0 radical (unpaired) electrons. The first-order valence-electron chi connectivity index (χ1n) is 4.77. The minimum Gasteiger partial charge on any atom is -0.481 e. The van der Waals surface area contributed by atoms with Crippen LogP contribution in [-0.4, -0.2) is 45.8 Å². The number of aliphatic carboxylic acids is 1. The molecule has 2 heterocycles. The van der Waals surface area contributed by atoms with E-state index in [-0.39, 0.29) is 6.42 Å². The zero-order chi connectivity index (χ0) is 9.47. The molecule has 2 atom stereocenters. The third kappa shape index (κ3) is 1.69. The summed E-state index contributed by atoms with van der Waals surface area (Å²) in [6, 6.07) is 0.435. The standard InChI is InChI=1S/C9H15NO3/c11-8(12)5-9(13)4-7-2-1-3-10(7)6-9/h7,13H,1-6H2,(H,11,12). The lowest BCUT2D eigenvalue weighted by Gasteiger charge is -2.20. The van der Waals surface area contributed by atoms with Crippen LogP contribution in [0.15, 0.2) is 0 Å². The molecule has 2 N–H and O–H groups in total. The molecule has 2 aliphatic heterocycles. The van der Waals surface area contributed by atoms with Crippen LogP contribution in [0.2, 0.25) is 0 Å². The lowest BCUT2D eigenvalue weighted by Crippen LogP contribution is -2.35. The molecule has 0 spiro atoms. The third-order valence-corrected chi connectivity index (χ3v) is 3.09.